The number of aliphatic hydroxyl groups excluding tert-OH is 1. The van der Waals surface area contributed by atoms with Gasteiger partial charge in [-0.1, -0.05) is 31.2 Å². The van der Waals surface area contributed by atoms with E-state index in [2.05, 4.69) is 62.1 Å². The number of aromatic nitrogens is 3. The molecule has 4 heterocycles. The van der Waals surface area contributed by atoms with Gasteiger partial charge in [-0.05, 0) is 76.8 Å². The third kappa shape index (κ3) is 7.83. The Balaban J connectivity index is 1.09. The largest absolute Gasteiger partial charge is 0.444 e. The molecule has 1 atom stereocenters. The lowest BCUT2D eigenvalue weighted by Crippen LogP contribution is -2.56. The van der Waals surface area contributed by atoms with Gasteiger partial charge in [-0.25, -0.2) is 9.78 Å². The molecule has 3 aromatic rings. The maximum absolute atomic E-state index is 12.7. The number of hydrogen-bond donors (Lipinski definition) is 2. The summed E-state index contributed by atoms with van der Waals surface area (Å²) in [6.45, 7) is 15.4. The molecule has 0 spiro atoms. The van der Waals surface area contributed by atoms with Crippen molar-refractivity contribution in [2.75, 3.05) is 51.1 Å². The van der Waals surface area contributed by atoms with Crippen LogP contribution in [0.25, 0.3) is 22.2 Å². The summed E-state index contributed by atoms with van der Waals surface area (Å²) in [5, 5.41) is 14.5. The zero-order valence-corrected chi connectivity index (χ0v) is 28.2. The van der Waals surface area contributed by atoms with Crippen LogP contribution in [-0.4, -0.2) is 104 Å². The number of fused-ring (bicyclic) bond motifs is 1. The number of nitrogens with one attached hydrogen (secondary N) is 1. The maximum atomic E-state index is 12.7. The summed E-state index contributed by atoms with van der Waals surface area (Å²) in [7, 11) is 0. The van der Waals surface area contributed by atoms with Gasteiger partial charge in [0.1, 0.15) is 11.2 Å². The molecule has 1 unspecified atom stereocenters. The van der Waals surface area contributed by atoms with Crippen LogP contribution in [0.4, 0.5) is 10.7 Å². The molecule has 1 aromatic carbocycles. The van der Waals surface area contributed by atoms with E-state index < -0.39 is 5.60 Å². The fourth-order valence-electron chi connectivity index (χ4n) is 7.28. The SMILES string of the molecule is CCCNc1ncc2c(-c3ccc(CN4CCN(C5CCCN(C(=O)OC(C)(C)C)C5)CC4)cc3)cn([C@H]3CC[C@H](O)CC3)c2n1. The molecule has 3 fully saturated rings. The lowest BCUT2D eigenvalue weighted by molar-refractivity contribution is 0.00445. The molecule has 1 amide bonds. The predicted octanol–water partition coefficient (Wildman–Crippen LogP) is 5.91. The van der Waals surface area contributed by atoms with Crippen molar-refractivity contribution in [3.05, 3.63) is 42.2 Å². The summed E-state index contributed by atoms with van der Waals surface area (Å²) in [6, 6.07) is 9.75. The molecule has 1 saturated carbocycles. The monoisotopic (exact) mass is 631 g/mol. The molecule has 2 aliphatic heterocycles. The number of aliphatic hydroxyl groups is 1. The number of benzene rings is 1. The Hall–Kier alpha value is -3.21. The zero-order chi connectivity index (χ0) is 32.3. The van der Waals surface area contributed by atoms with Gasteiger partial charge < -0.3 is 24.6 Å². The van der Waals surface area contributed by atoms with Gasteiger partial charge in [0, 0.05) is 87.8 Å². The molecule has 2 aromatic heterocycles. The summed E-state index contributed by atoms with van der Waals surface area (Å²) >= 11 is 0. The number of ether oxygens (including phenoxy) is 1. The van der Waals surface area contributed by atoms with Crippen LogP contribution in [0.5, 0.6) is 0 Å². The Morgan fingerprint density at radius 1 is 1.00 bits per heavy atom. The molecular weight excluding hydrogens is 578 g/mol. The number of piperidine rings is 1. The van der Waals surface area contributed by atoms with E-state index in [-0.39, 0.29) is 12.2 Å². The number of carbonyl (C=O) groups excluding carboxylic acids is 1. The third-order valence-corrected chi connectivity index (χ3v) is 9.81. The summed E-state index contributed by atoms with van der Waals surface area (Å²) < 4.78 is 7.98. The summed E-state index contributed by atoms with van der Waals surface area (Å²) in [5.74, 6) is 0.676. The smallest absolute Gasteiger partial charge is 0.410 e. The maximum Gasteiger partial charge on any atom is 0.410 e. The van der Waals surface area contributed by atoms with E-state index >= 15 is 0 Å². The van der Waals surface area contributed by atoms with Gasteiger partial charge in [-0.15, -0.1) is 0 Å². The zero-order valence-electron chi connectivity index (χ0n) is 28.2. The highest BCUT2D eigenvalue weighted by Gasteiger charge is 2.32. The molecule has 0 radical (unpaired) electrons. The van der Waals surface area contributed by atoms with E-state index in [0.29, 0.717) is 18.0 Å². The van der Waals surface area contributed by atoms with Crippen molar-refractivity contribution >= 4 is 23.1 Å². The van der Waals surface area contributed by atoms with Crippen molar-refractivity contribution in [1.82, 2.24) is 29.2 Å². The first-order valence-corrected chi connectivity index (χ1v) is 17.5. The second-order valence-electron chi connectivity index (χ2n) is 14.5. The Labute approximate surface area is 274 Å². The Kier molecular flexibility index (Phi) is 10.2. The second-order valence-corrected chi connectivity index (χ2v) is 14.5. The topological polar surface area (TPSA) is 99.0 Å². The van der Waals surface area contributed by atoms with Crippen LogP contribution in [0, 0.1) is 0 Å². The Morgan fingerprint density at radius 3 is 2.43 bits per heavy atom. The number of rotatable bonds is 8. The highest BCUT2D eigenvalue weighted by atomic mass is 16.6. The summed E-state index contributed by atoms with van der Waals surface area (Å²) in [6.07, 6.45) is 10.6. The summed E-state index contributed by atoms with van der Waals surface area (Å²) in [5.41, 5.74) is 4.17. The van der Waals surface area contributed by atoms with Crippen molar-refractivity contribution in [3.63, 3.8) is 0 Å². The average molecular weight is 632 g/mol. The standard InChI is InChI=1S/C36H53N7O3/c1-5-16-37-34-38-22-31-32(25-43(33(31)39-34)28-12-14-30(44)15-13-28)27-10-8-26(9-11-27)23-40-18-20-41(21-19-40)29-7-6-17-42(24-29)35(45)46-36(2,3)4/h8-11,22,25,28-30,44H,5-7,12-21,23-24H2,1-4H3,(H,37,38,39)/t28-,29?,30-. The first kappa shape index (κ1) is 32.7. The predicted molar refractivity (Wildman–Crippen MR) is 183 cm³/mol. The molecule has 1 aliphatic carbocycles. The molecule has 3 aliphatic rings. The minimum absolute atomic E-state index is 0.182. The van der Waals surface area contributed by atoms with Crippen LogP contribution < -0.4 is 5.32 Å². The Morgan fingerprint density at radius 2 is 1.74 bits per heavy atom. The van der Waals surface area contributed by atoms with Gasteiger partial charge >= 0.3 is 6.09 Å². The third-order valence-electron chi connectivity index (χ3n) is 9.81. The minimum Gasteiger partial charge on any atom is -0.444 e. The molecule has 6 rings (SSSR count). The fraction of sp³-hybridized carbons (Fsp3) is 0.639. The molecular formula is C36H53N7O3. The van der Waals surface area contributed by atoms with Gasteiger partial charge in [-0.2, -0.15) is 4.98 Å². The fourth-order valence-corrected chi connectivity index (χ4v) is 7.28. The molecule has 250 valence electrons. The second kappa shape index (κ2) is 14.3. The van der Waals surface area contributed by atoms with E-state index in [1.165, 1.54) is 11.1 Å². The quantitative estimate of drug-likeness (QED) is 0.317. The van der Waals surface area contributed by atoms with Crippen LogP contribution in [0.2, 0.25) is 0 Å². The molecule has 2 N–H and O–H groups in total. The van der Waals surface area contributed by atoms with Crippen LogP contribution >= 0.6 is 0 Å². The molecule has 0 bridgehead atoms. The van der Waals surface area contributed by atoms with E-state index in [4.69, 9.17) is 9.72 Å². The number of hydrogen-bond acceptors (Lipinski definition) is 8. The number of anilines is 1. The van der Waals surface area contributed by atoms with Crippen LogP contribution in [0.1, 0.15) is 84.2 Å². The number of likely N-dealkylation sites (tertiary alicyclic amines) is 1. The number of amides is 1. The van der Waals surface area contributed by atoms with Gasteiger partial charge in [-0.3, -0.25) is 9.80 Å². The van der Waals surface area contributed by atoms with Crippen molar-refractivity contribution in [2.45, 2.75) is 103 Å². The van der Waals surface area contributed by atoms with Crippen molar-refractivity contribution in [1.29, 1.82) is 0 Å². The molecule has 10 heteroatoms. The van der Waals surface area contributed by atoms with Crippen molar-refractivity contribution in [3.8, 4) is 11.1 Å². The molecule has 46 heavy (non-hydrogen) atoms. The van der Waals surface area contributed by atoms with E-state index in [1.54, 1.807) is 0 Å². The first-order valence-electron chi connectivity index (χ1n) is 17.5. The van der Waals surface area contributed by atoms with E-state index in [9.17, 15) is 9.90 Å². The number of carbonyl (C=O) groups is 1. The minimum atomic E-state index is -0.461. The van der Waals surface area contributed by atoms with Crippen molar-refractivity contribution < 1.29 is 14.6 Å². The Bertz CT molecular complexity index is 1450. The van der Waals surface area contributed by atoms with Crippen LogP contribution in [0.3, 0.4) is 0 Å². The lowest BCUT2D eigenvalue weighted by Gasteiger charge is -2.43. The van der Waals surface area contributed by atoms with E-state index in [0.717, 1.165) is 114 Å². The van der Waals surface area contributed by atoms with Crippen LogP contribution in [-0.2, 0) is 11.3 Å². The van der Waals surface area contributed by atoms with Crippen molar-refractivity contribution in [2.24, 2.45) is 0 Å². The average Bonchev–Trinajstić information content (AvgIpc) is 3.43. The van der Waals surface area contributed by atoms with Gasteiger partial charge in [0.2, 0.25) is 5.95 Å². The normalized spacial score (nSPS) is 23.5. The van der Waals surface area contributed by atoms with Crippen LogP contribution in [0.15, 0.2) is 36.7 Å². The van der Waals surface area contributed by atoms with Gasteiger partial charge in [0.15, 0.2) is 0 Å². The number of piperazine rings is 1. The highest BCUT2D eigenvalue weighted by Crippen LogP contribution is 2.37. The number of nitrogens with zero attached hydrogens (tertiary/aromatic N) is 6. The summed E-state index contributed by atoms with van der Waals surface area (Å²) in [4.78, 5) is 29.3. The van der Waals surface area contributed by atoms with Gasteiger partial charge in [0.05, 0.1) is 6.10 Å². The van der Waals surface area contributed by atoms with E-state index in [1.807, 2.05) is 31.9 Å². The molecule has 10 nitrogen and oxygen atoms in total. The molecule has 2 saturated heterocycles. The van der Waals surface area contributed by atoms with Gasteiger partial charge in [0.25, 0.3) is 0 Å². The lowest BCUT2D eigenvalue weighted by atomic mass is 9.93. The first-order chi connectivity index (χ1) is 22.2. The highest BCUT2D eigenvalue weighted by molar-refractivity contribution is 5.94.